The van der Waals surface area contributed by atoms with Gasteiger partial charge >= 0.3 is 6.18 Å². The number of nitrogens with zero attached hydrogens (tertiary/aromatic N) is 2. The van der Waals surface area contributed by atoms with E-state index in [9.17, 15) is 46.7 Å². The molecule has 1 heterocycles. The second-order valence-electron chi connectivity index (χ2n) is 17.3. The van der Waals surface area contributed by atoms with Crippen molar-refractivity contribution in [1.82, 2.24) is 31.1 Å². The minimum Gasteiger partial charge on any atom is -0.452 e. The van der Waals surface area contributed by atoms with Gasteiger partial charge in [0.2, 0.25) is 35.0 Å². The monoisotopic (exact) mass is 903 g/mol. The Hall–Kier alpha value is -4.28. The summed E-state index contributed by atoms with van der Waals surface area (Å²) < 4.78 is 39.0. The van der Waals surface area contributed by atoms with Crippen molar-refractivity contribution >= 4 is 41.8 Å². The van der Waals surface area contributed by atoms with E-state index in [0.29, 0.717) is 32.2 Å². The average molecular weight is 903 g/mol. The van der Waals surface area contributed by atoms with Crippen LogP contribution in [0.2, 0.25) is 0 Å². The molecule has 5 atom stereocenters. The van der Waals surface area contributed by atoms with Crippen molar-refractivity contribution in [2.24, 2.45) is 23.2 Å². The van der Waals surface area contributed by atoms with Gasteiger partial charge in [-0.1, -0.05) is 113 Å². The number of hydrogen-bond donors (Lipinski definition) is 4. The molecule has 2 aliphatic carbocycles. The van der Waals surface area contributed by atoms with E-state index in [4.69, 9.17) is 0 Å². The zero-order valence-electron chi connectivity index (χ0n) is 40.8. The fraction of sp³-hybridized carbons (Fsp3) is 0.761. The highest BCUT2D eigenvalue weighted by Gasteiger charge is 2.49. The van der Waals surface area contributed by atoms with Crippen LogP contribution >= 0.6 is 0 Å². The molecule has 14 nitrogen and oxygen atoms in total. The fourth-order valence-corrected chi connectivity index (χ4v) is 6.38. The Kier molecular flexibility index (Phi) is 28.9. The summed E-state index contributed by atoms with van der Waals surface area (Å²) in [5.74, 6) is -2.51. The van der Waals surface area contributed by atoms with E-state index in [-0.39, 0.29) is 35.5 Å². The summed E-state index contributed by atoms with van der Waals surface area (Å²) in [6, 6.07) is -3.10. The second-order valence-corrected chi connectivity index (χ2v) is 17.3. The van der Waals surface area contributed by atoms with Gasteiger partial charge in [0.25, 0.3) is 12.4 Å². The number of nitrogens with one attached hydrogen (secondary N) is 4. The zero-order valence-corrected chi connectivity index (χ0v) is 40.8. The lowest BCUT2D eigenvalue weighted by atomic mass is 9.80. The standard InChI is InChI=1S/C33H52N6O6.C5H7F3O2.C4H10.2C2H6/c1-7-33(2,3)28(34-4)32(45)39-18-12-17-24(39)29(42)36-23(19-21-13-11-14-21)27(41)30(43)35-20-25(40)37-26(31(44)38(5)6)22-15-9-8-10-16-22;1-4(2,10-3-9)5(6,7)8;1-4(2)3;2*1-2/h8-10,15,21-24,26,28,34H,7,11-14,16-20H2,1-6H3,(H,35,43)(H,36,42)(H,37,40);3H,1-2H3;4H,1-3H3;2*1-2H3. The summed E-state index contributed by atoms with van der Waals surface area (Å²) in [6.07, 6.45) is 8.55. The van der Waals surface area contributed by atoms with E-state index in [2.05, 4.69) is 46.8 Å². The SMILES string of the molecule is CC.CC.CC(C)(OC=O)C(F)(F)F.CC(C)C.CCC(C)(C)C(NC)C(=O)N1CCCC1C(=O)NC(CC1CCC1)C(=O)C(=O)NCC(=O)NC(C(=O)N(C)C)C1C=CC=CC1. The van der Waals surface area contributed by atoms with Crippen LogP contribution in [-0.2, 0) is 38.3 Å². The maximum absolute atomic E-state index is 13.6. The number of likely N-dealkylation sites (tertiary alicyclic amines) is 1. The van der Waals surface area contributed by atoms with Crippen molar-refractivity contribution in [3.05, 3.63) is 24.3 Å². The number of likely N-dealkylation sites (N-methyl/N-ethyl adjacent to an activating group) is 2. The van der Waals surface area contributed by atoms with Gasteiger partial charge in [0.05, 0.1) is 18.6 Å². The summed E-state index contributed by atoms with van der Waals surface area (Å²) in [5, 5.41) is 11.0. The molecule has 0 aromatic carbocycles. The molecule has 0 radical (unpaired) electrons. The molecule has 5 amide bonds. The number of ether oxygens (including phenoxy) is 1. The van der Waals surface area contributed by atoms with Crippen molar-refractivity contribution in [2.45, 2.75) is 170 Å². The van der Waals surface area contributed by atoms with Crippen molar-refractivity contribution in [3.8, 4) is 0 Å². The number of rotatable bonds is 17. The summed E-state index contributed by atoms with van der Waals surface area (Å²) in [6.45, 7) is 21.8. The number of carbonyl (C=O) groups is 7. The maximum Gasteiger partial charge on any atom is 0.427 e. The molecule has 63 heavy (non-hydrogen) atoms. The fourth-order valence-electron chi connectivity index (χ4n) is 6.38. The zero-order chi connectivity index (χ0) is 49.3. The van der Waals surface area contributed by atoms with Crippen molar-refractivity contribution in [2.75, 3.05) is 34.2 Å². The van der Waals surface area contributed by atoms with Gasteiger partial charge in [0.15, 0.2) is 0 Å². The molecule has 2 fully saturated rings. The van der Waals surface area contributed by atoms with Crippen molar-refractivity contribution in [1.29, 1.82) is 0 Å². The first kappa shape index (κ1) is 60.8. The Labute approximate surface area is 375 Å². The third-order valence-corrected chi connectivity index (χ3v) is 10.6. The second kappa shape index (κ2) is 30.0. The van der Waals surface area contributed by atoms with Gasteiger partial charge in [-0.2, -0.15) is 13.2 Å². The first-order valence-electron chi connectivity index (χ1n) is 22.5. The van der Waals surface area contributed by atoms with E-state index in [0.717, 1.165) is 45.4 Å². The van der Waals surface area contributed by atoms with E-state index in [1.54, 1.807) is 26.0 Å². The lowest BCUT2D eigenvalue weighted by molar-refractivity contribution is -0.251. The molecule has 3 rings (SSSR count). The Balaban J connectivity index is 0. The van der Waals surface area contributed by atoms with E-state index in [1.807, 2.05) is 72.8 Å². The molecular weight excluding hydrogens is 822 g/mol. The van der Waals surface area contributed by atoms with E-state index < -0.39 is 66.0 Å². The van der Waals surface area contributed by atoms with Crippen LogP contribution in [0, 0.1) is 23.2 Å². The van der Waals surface area contributed by atoms with Gasteiger partial charge in [-0.15, -0.1) is 0 Å². The van der Waals surface area contributed by atoms with Crippen LogP contribution in [0.3, 0.4) is 0 Å². The van der Waals surface area contributed by atoms with Gasteiger partial charge in [0.1, 0.15) is 12.1 Å². The highest BCUT2D eigenvalue weighted by Crippen LogP contribution is 2.33. The van der Waals surface area contributed by atoms with Gasteiger partial charge < -0.3 is 35.8 Å². The number of carbonyl (C=O) groups excluding carboxylic acids is 7. The molecular formula is C46H81F3N6O8. The van der Waals surface area contributed by atoms with Gasteiger partial charge in [-0.25, -0.2) is 0 Å². The molecule has 1 saturated carbocycles. The quantitative estimate of drug-likeness (QED) is 0.0965. The number of allylic oxidation sites excluding steroid dienone is 3. The highest BCUT2D eigenvalue weighted by atomic mass is 19.4. The number of hydrogen-bond acceptors (Lipinski definition) is 9. The largest absolute Gasteiger partial charge is 0.452 e. The molecule has 4 N–H and O–H groups in total. The van der Waals surface area contributed by atoms with Crippen LogP contribution in [-0.4, -0.2) is 122 Å². The number of ketones is 1. The smallest absolute Gasteiger partial charge is 0.427 e. The Bertz CT molecular complexity index is 1490. The van der Waals surface area contributed by atoms with Crippen molar-refractivity contribution < 1.29 is 51.5 Å². The van der Waals surface area contributed by atoms with Gasteiger partial charge in [-0.3, -0.25) is 33.6 Å². The number of halogens is 3. The minimum atomic E-state index is -4.51. The van der Waals surface area contributed by atoms with E-state index >= 15 is 0 Å². The predicted molar refractivity (Wildman–Crippen MR) is 241 cm³/mol. The summed E-state index contributed by atoms with van der Waals surface area (Å²) in [5.41, 5.74) is -2.71. The molecule has 0 aromatic heterocycles. The van der Waals surface area contributed by atoms with Crippen molar-refractivity contribution in [3.63, 3.8) is 0 Å². The summed E-state index contributed by atoms with van der Waals surface area (Å²) in [4.78, 5) is 91.6. The molecule has 3 aliphatic rings. The molecule has 1 saturated heterocycles. The van der Waals surface area contributed by atoms with Crippen LogP contribution in [0.1, 0.15) is 134 Å². The Morgan fingerprint density at radius 3 is 1.89 bits per heavy atom. The van der Waals surface area contributed by atoms with Gasteiger partial charge in [0, 0.05) is 26.6 Å². The summed E-state index contributed by atoms with van der Waals surface area (Å²) >= 11 is 0. The maximum atomic E-state index is 13.6. The van der Waals surface area contributed by atoms with Crippen LogP contribution in [0.4, 0.5) is 13.2 Å². The van der Waals surface area contributed by atoms with Crippen LogP contribution in [0.5, 0.6) is 0 Å². The molecule has 1 aliphatic heterocycles. The first-order chi connectivity index (χ1) is 29.3. The van der Waals surface area contributed by atoms with Crippen LogP contribution in [0.15, 0.2) is 24.3 Å². The molecule has 0 aromatic rings. The van der Waals surface area contributed by atoms with Gasteiger partial charge in [-0.05, 0) is 70.3 Å². The predicted octanol–water partition coefficient (Wildman–Crippen LogP) is 6.28. The third kappa shape index (κ3) is 20.8. The van der Waals surface area contributed by atoms with Crippen LogP contribution < -0.4 is 21.3 Å². The molecule has 0 bridgehead atoms. The number of amides is 5. The first-order valence-corrected chi connectivity index (χ1v) is 22.5. The minimum absolute atomic E-state index is 0.154. The number of Topliss-reactive ketones (excluding diaryl/α,β-unsaturated/α-hetero) is 1. The van der Waals surface area contributed by atoms with Crippen LogP contribution in [0.25, 0.3) is 0 Å². The Morgan fingerprint density at radius 2 is 1.48 bits per heavy atom. The van der Waals surface area contributed by atoms with E-state index in [1.165, 1.54) is 4.90 Å². The Morgan fingerprint density at radius 1 is 0.905 bits per heavy atom. The molecule has 364 valence electrons. The highest BCUT2D eigenvalue weighted by molar-refractivity contribution is 6.38. The molecule has 0 spiro atoms. The summed E-state index contributed by atoms with van der Waals surface area (Å²) in [7, 11) is 4.95. The average Bonchev–Trinajstić information content (AvgIpc) is 3.71. The third-order valence-electron chi connectivity index (χ3n) is 10.6. The topological polar surface area (TPSA) is 183 Å². The lowest BCUT2D eigenvalue weighted by Gasteiger charge is -2.37. The normalized spacial score (nSPS) is 18.3. The molecule has 5 unspecified atom stereocenters. The lowest BCUT2D eigenvalue weighted by Crippen LogP contribution is -2.58. The number of alkyl halides is 3. The molecule has 17 heteroatoms.